The number of carbonyl (C=O) groups is 1. The van der Waals surface area contributed by atoms with Crippen molar-refractivity contribution >= 4 is 11.9 Å². The van der Waals surface area contributed by atoms with Crippen LogP contribution in [0.4, 0.5) is 5.95 Å². The average Bonchev–Trinajstić information content (AvgIpc) is 3.24. The molecule has 0 aromatic carbocycles. The lowest BCUT2D eigenvalue weighted by Crippen LogP contribution is -2.48. The van der Waals surface area contributed by atoms with Crippen LogP contribution in [0.1, 0.15) is 44.3 Å². The van der Waals surface area contributed by atoms with Crippen LogP contribution in [0.3, 0.4) is 0 Å². The van der Waals surface area contributed by atoms with Gasteiger partial charge in [0, 0.05) is 31.3 Å². The molecule has 0 spiro atoms. The van der Waals surface area contributed by atoms with Crippen LogP contribution in [-0.2, 0) is 11.2 Å². The highest BCUT2D eigenvalue weighted by Crippen LogP contribution is 2.44. The fourth-order valence-electron chi connectivity index (χ4n) is 3.52. The summed E-state index contributed by atoms with van der Waals surface area (Å²) in [4.78, 5) is 18.4. The van der Waals surface area contributed by atoms with Crippen molar-refractivity contribution in [2.24, 2.45) is 11.3 Å². The van der Waals surface area contributed by atoms with Crippen LogP contribution in [0.25, 0.3) is 0 Å². The normalized spacial score (nSPS) is 25.4. The standard InChI is InChI=1S/C15H25N5O2/c16-14-17-12(18-19-14)4-5-13(22)20-7-1-6-15(9-20,10-21)8-11-2-3-11/h11,21H,1-10H2,(H3,16,17,18,19)/t15-/m1/s1. The lowest BCUT2D eigenvalue weighted by molar-refractivity contribution is -0.135. The number of aromatic nitrogens is 3. The number of aryl methyl sites for hydroxylation is 1. The molecule has 2 fully saturated rings. The van der Waals surface area contributed by atoms with Crippen molar-refractivity contribution in [3.8, 4) is 0 Å². The Labute approximate surface area is 130 Å². The number of nitrogen functional groups attached to an aromatic ring is 1. The minimum absolute atomic E-state index is 0.0776. The Morgan fingerprint density at radius 3 is 2.95 bits per heavy atom. The van der Waals surface area contributed by atoms with Crippen molar-refractivity contribution in [3.63, 3.8) is 0 Å². The van der Waals surface area contributed by atoms with E-state index in [1.807, 2.05) is 4.90 Å². The molecule has 4 N–H and O–H groups in total. The van der Waals surface area contributed by atoms with Gasteiger partial charge in [-0.05, 0) is 25.2 Å². The fraction of sp³-hybridized carbons (Fsp3) is 0.800. The number of H-pyrrole nitrogens is 1. The molecule has 1 saturated heterocycles. The van der Waals surface area contributed by atoms with Gasteiger partial charge in [-0.15, -0.1) is 5.10 Å². The summed E-state index contributed by atoms with van der Waals surface area (Å²) in [5, 5.41) is 16.3. The van der Waals surface area contributed by atoms with Gasteiger partial charge in [0.25, 0.3) is 0 Å². The van der Waals surface area contributed by atoms with E-state index in [1.54, 1.807) is 0 Å². The van der Waals surface area contributed by atoms with Gasteiger partial charge in [-0.1, -0.05) is 12.8 Å². The zero-order valence-electron chi connectivity index (χ0n) is 12.9. The molecule has 7 heteroatoms. The number of aliphatic hydroxyl groups excluding tert-OH is 1. The number of nitrogens with one attached hydrogen (secondary N) is 1. The van der Waals surface area contributed by atoms with E-state index >= 15 is 0 Å². The number of carbonyl (C=O) groups excluding carboxylic acids is 1. The van der Waals surface area contributed by atoms with Gasteiger partial charge in [-0.3, -0.25) is 9.89 Å². The van der Waals surface area contributed by atoms with Gasteiger partial charge in [0.05, 0.1) is 6.61 Å². The minimum atomic E-state index is -0.0776. The second-order valence-corrected chi connectivity index (χ2v) is 6.86. The Bertz CT molecular complexity index is 528. The molecule has 3 rings (SSSR count). The Hall–Kier alpha value is -1.63. The van der Waals surface area contributed by atoms with Gasteiger partial charge in [-0.2, -0.15) is 4.98 Å². The number of nitrogens with two attached hydrogens (primary N) is 1. The second kappa shape index (κ2) is 6.24. The summed E-state index contributed by atoms with van der Waals surface area (Å²) in [5.41, 5.74) is 5.38. The molecule has 1 aromatic heterocycles. The van der Waals surface area contributed by atoms with Crippen molar-refractivity contribution in [2.45, 2.75) is 44.9 Å². The molecule has 1 amide bonds. The maximum atomic E-state index is 12.4. The molecule has 1 atom stereocenters. The molecule has 0 radical (unpaired) electrons. The summed E-state index contributed by atoms with van der Waals surface area (Å²) in [6.07, 6.45) is 6.56. The van der Waals surface area contributed by atoms with E-state index < -0.39 is 0 Å². The monoisotopic (exact) mass is 307 g/mol. The van der Waals surface area contributed by atoms with Gasteiger partial charge < -0.3 is 15.7 Å². The molecule has 122 valence electrons. The predicted octanol–water partition coefficient (Wildman–Crippen LogP) is 0.721. The molecule has 0 unspecified atom stereocenters. The lowest BCUT2D eigenvalue weighted by atomic mass is 9.76. The first kappa shape index (κ1) is 15.3. The fourth-order valence-corrected chi connectivity index (χ4v) is 3.52. The highest BCUT2D eigenvalue weighted by molar-refractivity contribution is 5.76. The van der Waals surface area contributed by atoms with Crippen LogP contribution in [-0.4, -0.2) is 50.8 Å². The molecule has 2 heterocycles. The molecule has 1 aliphatic heterocycles. The van der Waals surface area contributed by atoms with E-state index in [1.165, 1.54) is 12.8 Å². The Morgan fingerprint density at radius 1 is 1.50 bits per heavy atom. The largest absolute Gasteiger partial charge is 0.396 e. The highest BCUT2D eigenvalue weighted by Gasteiger charge is 2.40. The highest BCUT2D eigenvalue weighted by atomic mass is 16.3. The summed E-state index contributed by atoms with van der Waals surface area (Å²) >= 11 is 0. The molecule has 1 saturated carbocycles. The van der Waals surface area contributed by atoms with E-state index in [0.29, 0.717) is 25.2 Å². The smallest absolute Gasteiger partial charge is 0.239 e. The van der Waals surface area contributed by atoms with Gasteiger partial charge >= 0.3 is 0 Å². The van der Waals surface area contributed by atoms with Crippen LogP contribution in [0.15, 0.2) is 0 Å². The van der Waals surface area contributed by atoms with Crippen LogP contribution in [0.2, 0.25) is 0 Å². The van der Waals surface area contributed by atoms with Gasteiger partial charge in [-0.25, -0.2) is 0 Å². The molecule has 22 heavy (non-hydrogen) atoms. The molecule has 1 aromatic rings. The molecular formula is C15H25N5O2. The summed E-state index contributed by atoms with van der Waals surface area (Å²) in [7, 11) is 0. The Balaban J connectivity index is 1.54. The van der Waals surface area contributed by atoms with E-state index in [0.717, 1.165) is 31.7 Å². The van der Waals surface area contributed by atoms with E-state index in [-0.39, 0.29) is 23.9 Å². The third-order valence-corrected chi connectivity index (χ3v) is 4.89. The number of aliphatic hydroxyl groups is 1. The lowest BCUT2D eigenvalue weighted by Gasteiger charge is -2.42. The SMILES string of the molecule is Nc1n[nH]c(CCC(=O)N2CCC[C@@](CO)(CC3CC3)C2)n1. The number of aromatic amines is 1. The van der Waals surface area contributed by atoms with Gasteiger partial charge in [0.2, 0.25) is 11.9 Å². The van der Waals surface area contributed by atoms with E-state index in [4.69, 9.17) is 5.73 Å². The maximum Gasteiger partial charge on any atom is 0.239 e. The zero-order chi connectivity index (χ0) is 15.6. The van der Waals surface area contributed by atoms with Crippen molar-refractivity contribution in [1.82, 2.24) is 20.1 Å². The summed E-state index contributed by atoms with van der Waals surface area (Å²) in [6.45, 7) is 1.67. The number of nitrogens with zero attached hydrogens (tertiary/aromatic N) is 3. The summed E-state index contributed by atoms with van der Waals surface area (Å²) in [6, 6.07) is 0. The molecule has 0 bridgehead atoms. The van der Waals surface area contributed by atoms with Gasteiger partial charge in [0.15, 0.2) is 0 Å². The Morgan fingerprint density at radius 2 is 2.32 bits per heavy atom. The zero-order valence-corrected chi connectivity index (χ0v) is 12.9. The number of hydrogen-bond acceptors (Lipinski definition) is 5. The number of rotatable bonds is 6. The first-order chi connectivity index (χ1) is 10.6. The topological polar surface area (TPSA) is 108 Å². The molecular weight excluding hydrogens is 282 g/mol. The van der Waals surface area contributed by atoms with Crippen LogP contribution < -0.4 is 5.73 Å². The first-order valence-corrected chi connectivity index (χ1v) is 8.16. The van der Waals surface area contributed by atoms with Crippen molar-refractivity contribution in [3.05, 3.63) is 5.82 Å². The quantitative estimate of drug-likeness (QED) is 0.717. The van der Waals surface area contributed by atoms with Crippen molar-refractivity contribution in [1.29, 1.82) is 0 Å². The summed E-state index contributed by atoms with van der Waals surface area (Å²) in [5.74, 6) is 1.75. The predicted molar refractivity (Wildman–Crippen MR) is 81.8 cm³/mol. The van der Waals surface area contributed by atoms with E-state index in [2.05, 4.69) is 15.2 Å². The van der Waals surface area contributed by atoms with E-state index in [9.17, 15) is 9.90 Å². The van der Waals surface area contributed by atoms with Gasteiger partial charge in [0.1, 0.15) is 5.82 Å². The van der Waals surface area contributed by atoms with Crippen LogP contribution in [0.5, 0.6) is 0 Å². The van der Waals surface area contributed by atoms with Crippen LogP contribution >= 0.6 is 0 Å². The first-order valence-electron chi connectivity index (χ1n) is 8.16. The number of piperidine rings is 1. The van der Waals surface area contributed by atoms with Crippen molar-refractivity contribution < 1.29 is 9.90 Å². The Kier molecular flexibility index (Phi) is 4.33. The number of hydrogen-bond donors (Lipinski definition) is 3. The summed E-state index contributed by atoms with van der Waals surface area (Å²) < 4.78 is 0. The third kappa shape index (κ3) is 3.58. The number of likely N-dealkylation sites (tertiary alicyclic amines) is 1. The number of amides is 1. The van der Waals surface area contributed by atoms with Crippen LogP contribution in [0, 0.1) is 11.3 Å². The average molecular weight is 307 g/mol. The molecule has 2 aliphatic rings. The number of anilines is 1. The molecule has 7 nitrogen and oxygen atoms in total. The maximum absolute atomic E-state index is 12.4. The second-order valence-electron chi connectivity index (χ2n) is 6.86. The van der Waals surface area contributed by atoms with Crippen molar-refractivity contribution in [2.75, 3.05) is 25.4 Å². The minimum Gasteiger partial charge on any atom is -0.396 e. The third-order valence-electron chi connectivity index (χ3n) is 4.89. The molecule has 1 aliphatic carbocycles.